The van der Waals surface area contributed by atoms with Crippen LogP contribution < -0.4 is 14.8 Å². The Balaban J connectivity index is 1.60. The van der Waals surface area contributed by atoms with Gasteiger partial charge in [0, 0.05) is 25.0 Å². The lowest BCUT2D eigenvalue weighted by Gasteiger charge is -2.22. The summed E-state index contributed by atoms with van der Waals surface area (Å²) in [5.41, 5.74) is 7.14. The normalized spacial score (nSPS) is 13.5. The van der Waals surface area contributed by atoms with E-state index < -0.39 is 0 Å². The lowest BCUT2D eigenvalue weighted by molar-refractivity contribution is 0.232. The van der Waals surface area contributed by atoms with E-state index in [1.165, 1.54) is 6.42 Å². The summed E-state index contributed by atoms with van der Waals surface area (Å²) in [5, 5.41) is 3.60. The van der Waals surface area contributed by atoms with Gasteiger partial charge < -0.3 is 19.4 Å². The molecule has 0 saturated heterocycles. The number of aliphatic imine (C=N–C) groups is 1. The molecule has 0 aliphatic heterocycles. The minimum Gasteiger partial charge on any atom is -0.492 e. The average molecular weight is 567 g/mol. The Hall–Kier alpha value is -4.06. The Morgan fingerprint density at radius 1 is 0.976 bits per heavy atom. The molecule has 42 heavy (non-hydrogen) atoms. The molecule has 1 N–H and O–H groups in total. The van der Waals surface area contributed by atoms with Crippen LogP contribution in [0.5, 0.6) is 17.2 Å². The molecule has 6 heteroatoms. The zero-order valence-electron chi connectivity index (χ0n) is 26.5. The second kappa shape index (κ2) is 14.2. The summed E-state index contributed by atoms with van der Waals surface area (Å²) < 4.78 is 14.8. The average Bonchev–Trinajstić information content (AvgIpc) is 3.34. The Morgan fingerprint density at radius 3 is 2.50 bits per heavy atom. The van der Waals surface area contributed by atoms with Gasteiger partial charge in [0.1, 0.15) is 23.1 Å². The largest absolute Gasteiger partial charge is 0.492 e. The van der Waals surface area contributed by atoms with Crippen molar-refractivity contribution in [3.8, 4) is 17.2 Å². The van der Waals surface area contributed by atoms with E-state index in [9.17, 15) is 0 Å². The van der Waals surface area contributed by atoms with Crippen LogP contribution in [-0.2, 0) is 7.05 Å². The highest BCUT2D eigenvalue weighted by Gasteiger charge is 2.19. The fourth-order valence-corrected chi connectivity index (χ4v) is 5.09. The highest BCUT2D eigenvalue weighted by Crippen LogP contribution is 2.32. The quantitative estimate of drug-likeness (QED) is 0.137. The summed E-state index contributed by atoms with van der Waals surface area (Å²) in [6, 6.07) is 16.4. The predicted molar refractivity (Wildman–Crippen MR) is 176 cm³/mol. The first-order valence-electron chi connectivity index (χ1n) is 15.1. The zero-order chi connectivity index (χ0) is 30.2. The van der Waals surface area contributed by atoms with Gasteiger partial charge >= 0.3 is 0 Å². The molecule has 1 aromatic heterocycles. The number of allylic oxidation sites excluding steroid dienone is 1. The van der Waals surface area contributed by atoms with E-state index in [2.05, 4.69) is 83.0 Å². The smallest absolute Gasteiger partial charge is 0.141 e. The van der Waals surface area contributed by atoms with Gasteiger partial charge in [0.15, 0.2) is 0 Å². The first-order chi connectivity index (χ1) is 20.2. The molecule has 0 saturated carbocycles. The van der Waals surface area contributed by atoms with Crippen molar-refractivity contribution < 1.29 is 9.47 Å². The SMILES string of the molecule is CC/C=C/N=C(Nc1ccc(Oc2ccc3c(c2)ncn3C)c(C)c1)c1c(C)ccc(C)c1OCC(C)C[C@H](C)CC. The summed E-state index contributed by atoms with van der Waals surface area (Å²) in [7, 11) is 1.99. The molecule has 222 valence electrons. The number of benzene rings is 3. The van der Waals surface area contributed by atoms with Crippen molar-refractivity contribution in [1.29, 1.82) is 0 Å². The van der Waals surface area contributed by atoms with Crippen molar-refractivity contribution in [1.82, 2.24) is 9.55 Å². The highest BCUT2D eigenvalue weighted by molar-refractivity contribution is 6.11. The number of anilines is 1. The maximum absolute atomic E-state index is 6.55. The number of aryl methyl sites for hydroxylation is 4. The van der Waals surface area contributed by atoms with Crippen LogP contribution in [0.4, 0.5) is 5.69 Å². The molecule has 4 aromatic rings. The van der Waals surface area contributed by atoms with Crippen LogP contribution in [0.15, 0.2) is 72.1 Å². The van der Waals surface area contributed by atoms with Gasteiger partial charge in [-0.15, -0.1) is 0 Å². The van der Waals surface area contributed by atoms with E-state index in [0.29, 0.717) is 18.4 Å². The van der Waals surface area contributed by atoms with Crippen LogP contribution in [-0.4, -0.2) is 22.0 Å². The van der Waals surface area contributed by atoms with Gasteiger partial charge in [0.05, 0.1) is 29.5 Å². The van der Waals surface area contributed by atoms with Crippen LogP contribution in [0.1, 0.15) is 69.2 Å². The molecule has 0 spiro atoms. The third-order valence-corrected chi connectivity index (χ3v) is 7.72. The molecule has 6 nitrogen and oxygen atoms in total. The van der Waals surface area contributed by atoms with E-state index in [0.717, 1.165) is 74.9 Å². The summed E-state index contributed by atoms with van der Waals surface area (Å²) in [5.74, 6) is 4.37. The van der Waals surface area contributed by atoms with Gasteiger partial charge in [0.2, 0.25) is 0 Å². The van der Waals surface area contributed by atoms with Crippen molar-refractivity contribution >= 4 is 22.6 Å². The standard InChI is InChI=1S/C36H46N4O2/c1-9-11-18-37-36(34-26(5)12-13-27(6)35(34)41-22-25(4)19-24(3)10-2)39-29-14-17-33(28(7)20-29)42-30-15-16-32-31(21-30)38-23-40(32)8/h11-18,20-21,23-25H,9-10,19,22H2,1-8H3,(H,37,39)/b18-11+/t24-,25?/m1/s1. The number of aromatic nitrogens is 2. The van der Waals surface area contributed by atoms with Crippen molar-refractivity contribution in [2.24, 2.45) is 23.9 Å². The maximum Gasteiger partial charge on any atom is 0.141 e. The molecular weight excluding hydrogens is 520 g/mol. The van der Waals surface area contributed by atoms with Crippen molar-refractivity contribution in [2.45, 2.75) is 67.7 Å². The van der Waals surface area contributed by atoms with E-state index in [4.69, 9.17) is 14.5 Å². The molecule has 0 aliphatic rings. The van der Waals surface area contributed by atoms with E-state index >= 15 is 0 Å². The Kier molecular flexibility index (Phi) is 10.5. The number of nitrogens with zero attached hydrogens (tertiary/aromatic N) is 3. The number of hydrogen-bond donors (Lipinski definition) is 1. The lowest BCUT2D eigenvalue weighted by atomic mass is 9.96. The molecule has 4 rings (SSSR count). The summed E-state index contributed by atoms with van der Waals surface area (Å²) in [4.78, 5) is 9.34. The van der Waals surface area contributed by atoms with E-state index in [1.807, 2.05) is 54.5 Å². The number of imidazole rings is 1. The molecule has 1 heterocycles. The second-order valence-electron chi connectivity index (χ2n) is 11.6. The van der Waals surface area contributed by atoms with Gasteiger partial charge in [-0.05, 0) is 92.5 Å². The van der Waals surface area contributed by atoms with Crippen LogP contribution in [0.25, 0.3) is 11.0 Å². The minimum atomic E-state index is 0.467. The third-order valence-electron chi connectivity index (χ3n) is 7.72. The number of rotatable bonds is 12. The number of amidine groups is 1. The van der Waals surface area contributed by atoms with Crippen LogP contribution in [0.2, 0.25) is 0 Å². The van der Waals surface area contributed by atoms with E-state index in [-0.39, 0.29) is 0 Å². The molecule has 2 atom stereocenters. The van der Waals surface area contributed by atoms with Crippen molar-refractivity contribution in [2.75, 3.05) is 11.9 Å². The van der Waals surface area contributed by atoms with Crippen molar-refractivity contribution in [3.05, 3.63) is 89.4 Å². The third kappa shape index (κ3) is 7.61. The zero-order valence-corrected chi connectivity index (χ0v) is 26.5. The monoisotopic (exact) mass is 566 g/mol. The highest BCUT2D eigenvalue weighted by atomic mass is 16.5. The first kappa shape index (κ1) is 30.9. The number of hydrogen-bond acceptors (Lipinski definition) is 4. The van der Waals surface area contributed by atoms with Gasteiger partial charge in [0.25, 0.3) is 0 Å². The Bertz CT molecular complexity index is 1570. The topological polar surface area (TPSA) is 60.7 Å². The number of nitrogens with one attached hydrogen (secondary N) is 1. The van der Waals surface area contributed by atoms with Crippen LogP contribution in [0.3, 0.4) is 0 Å². The molecule has 1 unspecified atom stereocenters. The molecule has 0 aliphatic carbocycles. The fraction of sp³-hybridized carbons (Fsp3) is 0.389. The summed E-state index contributed by atoms with van der Waals surface area (Å²) in [6.07, 6.45) is 8.99. The predicted octanol–water partition coefficient (Wildman–Crippen LogP) is 9.52. The van der Waals surface area contributed by atoms with Gasteiger partial charge in [-0.25, -0.2) is 9.98 Å². The van der Waals surface area contributed by atoms with Crippen LogP contribution in [0, 0.1) is 32.6 Å². The lowest BCUT2D eigenvalue weighted by Crippen LogP contribution is -2.19. The molecular formula is C36H46N4O2. The van der Waals surface area contributed by atoms with Crippen molar-refractivity contribution in [3.63, 3.8) is 0 Å². The molecule has 0 fully saturated rings. The van der Waals surface area contributed by atoms with Gasteiger partial charge in [-0.2, -0.15) is 0 Å². The molecule has 0 radical (unpaired) electrons. The molecule has 0 bridgehead atoms. The van der Waals surface area contributed by atoms with Crippen LogP contribution >= 0.6 is 0 Å². The molecule has 0 amide bonds. The second-order valence-corrected chi connectivity index (χ2v) is 11.6. The Morgan fingerprint density at radius 2 is 1.76 bits per heavy atom. The van der Waals surface area contributed by atoms with E-state index in [1.54, 1.807) is 0 Å². The fourth-order valence-electron chi connectivity index (χ4n) is 5.09. The first-order valence-corrected chi connectivity index (χ1v) is 15.1. The van der Waals surface area contributed by atoms with Gasteiger partial charge in [-0.1, -0.05) is 52.3 Å². The maximum atomic E-state index is 6.55. The molecule has 3 aromatic carbocycles. The summed E-state index contributed by atoms with van der Waals surface area (Å²) in [6.45, 7) is 15.9. The number of ether oxygens (including phenoxy) is 2. The van der Waals surface area contributed by atoms with Gasteiger partial charge in [-0.3, -0.25) is 0 Å². The minimum absolute atomic E-state index is 0.467. The summed E-state index contributed by atoms with van der Waals surface area (Å²) >= 11 is 0. The Labute approximate surface area is 251 Å². The number of fused-ring (bicyclic) bond motifs is 1.